The summed E-state index contributed by atoms with van der Waals surface area (Å²) in [5.41, 5.74) is 1.26. The second kappa shape index (κ2) is 4.93. The SMILES string of the molecule is CC(NCC(C1CC1)C1CC1)c1ccc(O)cc1. The molecule has 98 valence electrons. The van der Waals surface area contributed by atoms with E-state index in [1.165, 1.54) is 31.2 Å². The zero-order valence-corrected chi connectivity index (χ0v) is 11.1. The van der Waals surface area contributed by atoms with E-state index in [2.05, 4.69) is 12.2 Å². The molecule has 2 N–H and O–H groups in total. The van der Waals surface area contributed by atoms with E-state index in [0.717, 1.165) is 24.3 Å². The summed E-state index contributed by atoms with van der Waals surface area (Å²) in [6.45, 7) is 3.38. The van der Waals surface area contributed by atoms with Crippen LogP contribution in [0.15, 0.2) is 24.3 Å². The Morgan fingerprint density at radius 1 is 1.11 bits per heavy atom. The number of aromatic hydroxyl groups is 1. The van der Waals surface area contributed by atoms with Crippen molar-refractivity contribution in [1.29, 1.82) is 0 Å². The predicted octanol–water partition coefficient (Wildman–Crippen LogP) is 3.48. The molecule has 1 unspecified atom stereocenters. The van der Waals surface area contributed by atoms with Crippen LogP contribution in [0.5, 0.6) is 5.75 Å². The van der Waals surface area contributed by atoms with E-state index in [-0.39, 0.29) is 0 Å². The van der Waals surface area contributed by atoms with E-state index in [1.807, 2.05) is 12.1 Å². The summed E-state index contributed by atoms with van der Waals surface area (Å²) < 4.78 is 0. The van der Waals surface area contributed by atoms with Crippen molar-refractivity contribution in [2.45, 2.75) is 38.6 Å². The van der Waals surface area contributed by atoms with Gasteiger partial charge in [0, 0.05) is 6.04 Å². The normalized spacial score (nSPS) is 21.2. The molecule has 2 nitrogen and oxygen atoms in total. The Labute approximate surface area is 109 Å². The second-order valence-corrected chi connectivity index (χ2v) is 6.06. The summed E-state index contributed by atoms with van der Waals surface area (Å²) >= 11 is 0. The van der Waals surface area contributed by atoms with E-state index in [9.17, 15) is 5.11 Å². The van der Waals surface area contributed by atoms with Crippen LogP contribution >= 0.6 is 0 Å². The first kappa shape index (κ1) is 12.0. The minimum Gasteiger partial charge on any atom is -0.508 e. The smallest absolute Gasteiger partial charge is 0.115 e. The average Bonchev–Trinajstić information content (AvgIpc) is 3.24. The standard InChI is InChI=1S/C16H23NO/c1-11(12-6-8-15(18)9-7-12)17-10-16(13-2-3-13)14-4-5-14/h6-9,11,13-14,16-18H,2-5,10H2,1H3. The third kappa shape index (κ3) is 2.86. The van der Waals surface area contributed by atoms with Crippen molar-refractivity contribution >= 4 is 0 Å². The first-order valence-corrected chi connectivity index (χ1v) is 7.26. The van der Waals surface area contributed by atoms with Gasteiger partial charge in [-0.05, 0) is 74.6 Å². The first-order valence-electron chi connectivity index (χ1n) is 7.26. The van der Waals surface area contributed by atoms with Gasteiger partial charge in [0.25, 0.3) is 0 Å². The fourth-order valence-corrected chi connectivity index (χ4v) is 2.96. The van der Waals surface area contributed by atoms with Crippen molar-refractivity contribution < 1.29 is 5.11 Å². The van der Waals surface area contributed by atoms with E-state index < -0.39 is 0 Å². The summed E-state index contributed by atoms with van der Waals surface area (Å²) in [6.07, 6.45) is 5.82. The second-order valence-electron chi connectivity index (χ2n) is 6.06. The maximum atomic E-state index is 9.30. The lowest BCUT2D eigenvalue weighted by Gasteiger charge is -2.20. The van der Waals surface area contributed by atoms with Crippen LogP contribution in [0, 0.1) is 17.8 Å². The summed E-state index contributed by atoms with van der Waals surface area (Å²) in [6, 6.07) is 7.94. The zero-order chi connectivity index (χ0) is 12.5. The Balaban J connectivity index is 1.53. The lowest BCUT2D eigenvalue weighted by atomic mass is 9.97. The number of benzene rings is 1. The van der Waals surface area contributed by atoms with Gasteiger partial charge in [-0.15, -0.1) is 0 Å². The van der Waals surface area contributed by atoms with Crippen LogP contribution in [0.25, 0.3) is 0 Å². The van der Waals surface area contributed by atoms with Gasteiger partial charge in [-0.1, -0.05) is 12.1 Å². The average molecular weight is 245 g/mol. The van der Waals surface area contributed by atoms with Gasteiger partial charge in [0.05, 0.1) is 0 Å². The summed E-state index contributed by atoms with van der Waals surface area (Å²) in [7, 11) is 0. The van der Waals surface area contributed by atoms with Gasteiger partial charge in [-0.3, -0.25) is 0 Å². The zero-order valence-electron chi connectivity index (χ0n) is 11.1. The van der Waals surface area contributed by atoms with Crippen molar-refractivity contribution in [3.63, 3.8) is 0 Å². The van der Waals surface area contributed by atoms with E-state index in [1.54, 1.807) is 12.1 Å². The molecule has 0 radical (unpaired) electrons. The van der Waals surface area contributed by atoms with Crippen LogP contribution in [0.2, 0.25) is 0 Å². The molecule has 2 saturated carbocycles. The largest absolute Gasteiger partial charge is 0.508 e. The van der Waals surface area contributed by atoms with Gasteiger partial charge in [-0.2, -0.15) is 0 Å². The molecular formula is C16H23NO. The Morgan fingerprint density at radius 3 is 2.17 bits per heavy atom. The van der Waals surface area contributed by atoms with Crippen LogP contribution in [-0.2, 0) is 0 Å². The molecule has 0 bridgehead atoms. The Hall–Kier alpha value is -1.02. The lowest BCUT2D eigenvalue weighted by Crippen LogP contribution is -2.28. The fraction of sp³-hybridized carbons (Fsp3) is 0.625. The Kier molecular flexibility index (Phi) is 3.29. The van der Waals surface area contributed by atoms with Crippen LogP contribution in [0.1, 0.15) is 44.2 Å². The van der Waals surface area contributed by atoms with Gasteiger partial charge in [-0.25, -0.2) is 0 Å². The Bertz CT molecular complexity index is 380. The number of hydrogen-bond donors (Lipinski definition) is 2. The highest BCUT2D eigenvalue weighted by Crippen LogP contribution is 2.48. The quantitative estimate of drug-likeness (QED) is 0.804. The highest BCUT2D eigenvalue weighted by Gasteiger charge is 2.40. The molecule has 2 aliphatic carbocycles. The fourth-order valence-electron chi connectivity index (χ4n) is 2.96. The number of nitrogens with one attached hydrogen (secondary N) is 1. The molecule has 1 aromatic rings. The molecule has 1 atom stereocenters. The highest BCUT2D eigenvalue weighted by molar-refractivity contribution is 5.27. The number of rotatable bonds is 6. The Morgan fingerprint density at radius 2 is 1.67 bits per heavy atom. The molecule has 18 heavy (non-hydrogen) atoms. The monoisotopic (exact) mass is 245 g/mol. The third-order valence-electron chi connectivity index (χ3n) is 4.51. The maximum absolute atomic E-state index is 9.30. The first-order chi connectivity index (χ1) is 8.74. The van der Waals surface area contributed by atoms with Crippen molar-refractivity contribution in [2.75, 3.05) is 6.54 Å². The van der Waals surface area contributed by atoms with Gasteiger partial charge in [0.15, 0.2) is 0 Å². The third-order valence-corrected chi connectivity index (χ3v) is 4.51. The molecule has 0 heterocycles. The molecular weight excluding hydrogens is 222 g/mol. The van der Waals surface area contributed by atoms with Crippen molar-refractivity contribution in [3.8, 4) is 5.75 Å². The minimum atomic E-state index is 0.347. The van der Waals surface area contributed by atoms with Crippen LogP contribution < -0.4 is 5.32 Å². The molecule has 2 heteroatoms. The lowest BCUT2D eigenvalue weighted by molar-refractivity contribution is 0.362. The molecule has 2 aliphatic rings. The van der Waals surface area contributed by atoms with Crippen molar-refractivity contribution in [1.82, 2.24) is 5.32 Å². The van der Waals surface area contributed by atoms with Gasteiger partial charge in [0.1, 0.15) is 5.75 Å². The molecule has 0 aliphatic heterocycles. The molecule has 0 amide bonds. The maximum Gasteiger partial charge on any atom is 0.115 e. The molecule has 1 aromatic carbocycles. The molecule has 2 fully saturated rings. The number of phenols is 1. The number of hydrogen-bond acceptors (Lipinski definition) is 2. The van der Waals surface area contributed by atoms with E-state index in [4.69, 9.17) is 0 Å². The molecule has 0 spiro atoms. The van der Waals surface area contributed by atoms with Crippen molar-refractivity contribution in [3.05, 3.63) is 29.8 Å². The molecule has 0 saturated heterocycles. The van der Waals surface area contributed by atoms with Gasteiger partial charge >= 0.3 is 0 Å². The van der Waals surface area contributed by atoms with E-state index in [0.29, 0.717) is 11.8 Å². The summed E-state index contributed by atoms with van der Waals surface area (Å²) in [5.74, 6) is 3.29. The van der Waals surface area contributed by atoms with Crippen molar-refractivity contribution in [2.24, 2.45) is 17.8 Å². The van der Waals surface area contributed by atoms with Crippen LogP contribution in [0.3, 0.4) is 0 Å². The molecule has 0 aromatic heterocycles. The van der Waals surface area contributed by atoms with Crippen LogP contribution in [0.4, 0.5) is 0 Å². The molecule has 3 rings (SSSR count). The summed E-state index contributed by atoms with van der Waals surface area (Å²) in [5, 5.41) is 13.0. The minimum absolute atomic E-state index is 0.347. The van der Waals surface area contributed by atoms with Gasteiger partial charge in [0.2, 0.25) is 0 Å². The van der Waals surface area contributed by atoms with E-state index >= 15 is 0 Å². The number of phenolic OH excluding ortho intramolecular Hbond substituents is 1. The predicted molar refractivity (Wildman–Crippen MR) is 73.5 cm³/mol. The topological polar surface area (TPSA) is 32.3 Å². The van der Waals surface area contributed by atoms with Gasteiger partial charge < -0.3 is 10.4 Å². The summed E-state index contributed by atoms with van der Waals surface area (Å²) in [4.78, 5) is 0. The highest BCUT2D eigenvalue weighted by atomic mass is 16.3. The van der Waals surface area contributed by atoms with Crippen LogP contribution in [-0.4, -0.2) is 11.7 Å².